The average Bonchev–Trinajstić information content (AvgIpc) is 2.61. The Morgan fingerprint density at radius 2 is 2.09 bits per heavy atom. The van der Waals surface area contributed by atoms with Gasteiger partial charge in [0.05, 0.1) is 6.20 Å². The van der Waals surface area contributed by atoms with Gasteiger partial charge in [0.2, 0.25) is 5.95 Å². The molecule has 0 spiro atoms. The summed E-state index contributed by atoms with van der Waals surface area (Å²) in [6.07, 6.45) is 4.26. The molecular weight excluding hydrogens is 286 g/mol. The van der Waals surface area contributed by atoms with Crippen LogP contribution in [0.15, 0.2) is 36.5 Å². The maximum absolute atomic E-state index is 4.78. The molecule has 2 heterocycles. The Hall–Kier alpha value is -2.17. The van der Waals surface area contributed by atoms with Gasteiger partial charge in [-0.15, -0.1) is 5.10 Å². The number of hydrogen-bond donors (Lipinski definition) is 0. The van der Waals surface area contributed by atoms with Gasteiger partial charge in [-0.1, -0.05) is 37.3 Å². The van der Waals surface area contributed by atoms with E-state index in [0.29, 0.717) is 5.92 Å². The van der Waals surface area contributed by atoms with E-state index in [9.17, 15) is 0 Å². The molecule has 0 radical (unpaired) electrons. The van der Waals surface area contributed by atoms with Crippen molar-refractivity contribution in [2.45, 2.75) is 33.2 Å². The minimum Gasteiger partial charge on any atom is -0.351 e. The summed E-state index contributed by atoms with van der Waals surface area (Å²) in [5.41, 5.74) is 1.28. The third kappa shape index (κ3) is 3.97. The Labute approximate surface area is 138 Å². The predicted molar refractivity (Wildman–Crippen MR) is 93.6 cm³/mol. The first-order chi connectivity index (χ1) is 11.3. The van der Waals surface area contributed by atoms with Crippen molar-refractivity contribution in [3.8, 4) is 0 Å². The fourth-order valence-electron chi connectivity index (χ4n) is 3.10. The van der Waals surface area contributed by atoms with Crippen LogP contribution in [-0.2, 0) is 6.54 Å². The van der Waals surface area contributed by atoms with Crippen molar-refractivity contribution in [1.29, 1.82) is 0 Å². The molecule has 1 saturated heterocycles. The van der Waals surface area contributed by atoms with Crippen LogP contribution in [-0.4, -0.2) is 34.8 Å². The second-order valence-corrected chi connectivity index (χ2v) is 6.31. The van der Waals surface area contributed by atoms with E-state index in [2.05, 4.69) is 58.1 Å². The van der Waals surface area contributed by atoms with Crippen LogP contribution in [0.4, 0.5) is 11.8 Å². The molecule has 2 aromatic rings. The standard InChI is InChI=1S/C18H25N5/c1-3-22(14-16-9-5-4-6-10-16)17-12-19-21-18(20-17)23-11-7-8-15(2)13-23/h4-6,9-10,12,15H,3,7-8,11,13-14H2,1-2H3. The van der Waals surface area contributed by atoms with Crippen molar-refractivity contribution in [2.75, 3.05) is 29.4 Å². The molecule has 1 aliphatic heterocycles. The van der Waals surface area contributed by atoms with Gasteiger partial charge in [-0.05, 0) is 31.2 Å². The first-order valence-electron chi connectivity index (χ1n) is 8.50. The molecule has 1 unspecified atom stereocenters. The van der Waals surface area contributed by atoms with Gasteiger partial charge in [-0.25, -0.2) is 0 Å². The smallest absolute Gasteiger partial charge is 0.247 e. The summed E-state index contributed by atoms with van der Waals surface area (Å²) in [7, 11) is 0. The van der Waals surface area contributed by atoms with Gasteiger partial charge >= 0.3 is 0 Å². The summed E-state index contributed by atoms with van der Waals surface area (Å²) in [4.78, 5) is 9.28. The van der Waals surface area contributed by atoms with E-state index in [0.717, 1.165) is 37.9 Å². The monoisotopic (exact) mass is 311 g/mol. The molecule has 1 aromatic heterocycles. The van der Waals surface area contributed by atoms with Gasteiger partial charge in [0.25, 0.3) is 0 Å². The zero-order valence-electron chi connectivity index (χ0n) is 14.0. The highest BCUT2D eigenvalue weighted by molar-refractivity contribution is 5.42. The molecule has 122 valence electrons. The van der Waals surface area contributed by atoms with Crippen LogP contribution in [0.25, 0.3) is 0 Å². The first kappa shape index (κ1) is 15.7. The molecule has 3 rings (SSSR count). The first-order valence-corrected chi connectivity index (χ1v) is 8.50. The number of nitrogens with zero attached hydrogens (tertiary/aromatic N) is 5. The molecule has 0 aliphatic carbocycles. The van der Waals surface area contributed by atoms with Crippen molar-refractivity contribution in [2.24, 2.45) is 5.92 Å². The van der Waals surface area contributed by atoms with Crippen molar-refractivity contribution in [3.05, 3.63) is 42.1 Å². The van der Waals surface area contributed by atoms with Crippen LogP contribution < -0.4 is 9.80 Å². The molecule has 1 aliphatic rings. The Bertz CT molecular complexity index is 616. The third-order valence-corrected chi connectivity index (χ3v) is 4.40. The quantitative estimate of drug-likeness (QED) is 0.849. The van der Waals surface area contributed by atoms with Crippen molar-refractivity contribution in [3.63, 3.8) is 0 Å². The van der Waals surface area contributed by atoms with Gasteiger partial charge in [0, 0.05) is 26.2 Å². The van der Waals surface area contributed by atoms with Crippen molar-refractivity contribution >= 4 is 11.8 Å². The Morgan fingerprint density at radius 1 is 1.26 bits per heavy atom. The van der Waals surface area contributed by atoms with Crippen LogP contribution in [0.1, 0.15) is 32.3 Å². The second-order valence-electron chi connectivity index (χ2n) is 6.31. The summed E-state index contributed by atoms with van der Waals surface area (Å²) >= 11 is 0. The van der Waals surface area contributed by atoms with Gasteiger partial charge in [-0.2, -0.15) is 10.1 Å². The normalized spacial score (nSPS) is 18.0. The van der Waals surface area contributed by atoms with Crippen LogP contribution in [0.2, 0.25) is 0 Å². The minimum atomic E-state index is 0.697. The number of rotatable bonds is 5. The van der Waals surface area contributed by atoms with Crippen molar-refractivity contribution < 1.29 is 0 Å². The number of aromatic nitrogens is 3. The highest BCUT2D eigenvalue weighted by atomic mass is 15.3. The molecule has 23 heavy (non-hydrogen) atoms. The van der Waals surface area contributed by atoms with Gasteiger partial charge in [0.1, 0.15) is 0 Å². The predicted octanol–water partition coefficient (Wildman–Crippen LogP) is 3.13. The molecule has 5 nitrogen and oxygen atoms in total. The topological polar surface area (TPSA) is 45.2 Å². The van der Waals surface area contributed by atoms with E-state index in [-0.39, 0.29) is 0 Å². The summed E-state index contributed by atoms with van der Waals surface area (Å²) in [6, 6.07) is 10.5. The van der Waals surface area contributed by atoms with E-state index in [1.807, 2.05) is 6.07 Å². The van der Waals surface area contributed by atoms with Gasteiger partial charge in [0.15, 0.2) is 5.82 Å². The fraction of sp³-hybridized carbons (Fsp3) is 0.500. The van der Waals surface area contributed by atoms with E-state index >= 15 is 0 Å². The lowest BCUT2D eigenvalue weighted by Crippen LogP contribution is -2.36. The SMILES string of the molecule is CCN(Cc1ccccc1)c1cnnc(N2CCCC(C)C2)n1. The zero-order chi connectivity index (χ0) is 16.1. The number of hydrogen-bond acceptors (Lipinski definition) is 5. The highest BCUT2D eigenvalue weighted by Crippen LogP contribution is 2.21. The second kappa shape index (κ2) is 7.40. The molecule has 0 saturated carbocycles. The highest BCUT2D eigenvalue weighted by Gasteiger charge is 2.20. The van der Waals surface area contributed by atoms with E-state index in [1.165, 1.54) is 18.4 Å². The van der Waals surface area contributed by atoms with E-state index in [1.54, 1.807) is 6.20 Å². The molecule has 5 heteroatoms. The number of piperidine rings is 1. The molecule has 0 N–H and O–H groups in total. The van der Waals surface area contributed by atoms with Crippen LogP contribution in [0.3, 0.4) is 0 Å². The molecule has 0 bridgehead atoms. The minimum absolute atomic E-state index is 0.697. The summed E-state index contributed by atoms with van der Waals surface area (Å²) < 4.78 is 0. The summed E-state index contributed by atoms with van der Waals surface area (Å²) in [5.74, 6) is 2.36. The summed E-state index contributed by atoms with van der Waals surface area (Å²) in [5, 5.41) is 8.46. The Kier molecular flexibility index (Phi) is 5.05. The van der Waals surface area contributed by atoms with Crippen LogP contribution in [0.5, 0.6) is 0 Å². The maximum atomic E-state index is 4.78. The van der Waals surface area contributed by atoms with E-state index < -0.39 is 0 Å². The van der Waals surface area contributed by atoms with Crippen LogP contribution >= 0.6 is 0 Å². The van der Waals surface area contributed by atoms with Crippen molar-refractivity contribution in [1.82, 2.24) is 15.2 Å². The lowest BCUT2D eigenvalue weighted by molar-refractivity contribution is 0.441. The fourth-order valence-corrected chi connectivity index (χ4v) is 3.10. The molecule has 0 amide bonds. The maximum Gasteiger partial charge on any atom is 0.247 e. The molecular formula is C18H25N5. The average molecular weight is 311 g/mol. The molecule has 1 atom stereocenters. The molecule has 1 fully saturated rings. The summed E-state index contributed by atoms with van der Waals surface area (Å²) in [6.45, 7) is 8.22. The largest absolute Gasteiger partial charge is 0.351 e. The number of anilines is 2. The van der Waals surface area contributed by atoms with Gasteiger partial charge in [-0.3, -0.25) is 0 Å². The lowest BCUT2D eigenvalue weighted by Gasteiger charge is -2.31. The number of benzene rings is 1. The molecule has 1 aromatic carbocycles. The van der Waals surface area contributed by atoms with Gasteiger partial charge < -0.3 is 9.80 Å². The zero-order valence-corrected chi connectivity index (χ0v) is 14.0. The third-order valence-electron chi connectivity index (χ3n) is 4.40. The Balaban J connectivity index is 1.77. The van der Waals surface area contributed by atoms with E-state index in [4.69, 9.17) is 4.98 Å². The lowest BCUT2D eigenvalue weighted by atomic mass is 10.0. The van der Waals surface area contributed by atoms with Crippen LogP contribution in [0, 0.1) is 5.92 Å². The Morgan fingerprint density at radius 3 is 2.83 bits per heavy atom.